The fourth-order valence-electron chi connectivity index (χ4n) is 6.48. The largest absolute Gasteiger partial charge is 0.390 e. The van der Waals surface area contributed by atoms with E-state index in [9.17, 15) is 14.3 Å². The number of fused-ring (bicyclic) bond motifs is 1. The van der Waals surface area contributed by atoms with Crippen LogP contribution in [-0.4, -0.2) is 95.9 Å². The Morgan fingerprint density at radius 3 is 2.45 bits per heavy atom. The number of benzene rings is 1. The number of pyridine rings is 1. The average Bonchev–Trinajstić information content (AvgIpc) is 3.18. The van der Waals surface area contributed by atoms with Gasteiger partial charge < -0.3 is 20.1 Å². The highest BCUT2D eigenvalue weighted by Crippen LogP contribution is 2.41. The quantitative estimate of drug-likeness (QED) is 0.487. The minimum atomic E-state index is -0.335. The van der Waals surface area contributed by atoms with Crippen molar-refractivity contribution in [3.63, 3.8) is 0 Å². The van der Waals surface area contributed by atoms with Crippen LogP contribution in [0.2, 0.25) is 0 Å². The minimum Gasteiger partial charge on any atom is -0.390 e. The minimum absolute atomic E-state index is 0. The Morgan fingerprint density at radius 1 is 1.14 bits per heavy atom. The van der Waals surface area contributed by atoms with Crippen molar-refractivity contribution in [3.8, 4) is 0 Å². The highest BCUT2D eigenvalue weighted by atomic mass is 35.5. The van der Waals surface area contributed by atoms with Crippen molar-refractivity contribution in [2.75, 3.05) is 50.8 Å². The van der Waals surface area contributed by atoms with E-state index in [1.54, 1.807) is 12.1 Å². The van der Waals surface area contributed by atoms with Gasteiger partial charge in [-0.1, -0.05) is 26.0 Å². The third-order valence-electron chi connectivity index (χ3n) is 8.75. The number of aliphatic hydroxyl groups is 1. The number of aromatic nitrogens is 1. The van der Waals surface area contributed by atoms with Crippen LogP contribution in [0.15, 0.2) is 30.3 Å². The molecule has 0 aliphatic carbocycles. The normalized spacial score (nSPS) is 25.8. The highest BCUT2D eigenvalue weighted by molar-refractivity contribution is 5.97. The van der Waals surface area contributed by atoms with Gasteiger partial charge in [0.1, 0.15) is 5.82 Å². The van der Waals surface area contributed by atoms with Crippen molar-refractivity contribution in [2.24, 2.45) is 0 Å². The van der Waals surface area contributed by atoms with Gasteiger partial charge in [0.2, 0.25) is 5.91 Å². The molecule has 234 valence electrons. The molecule has 8 nitrogen and oxygen atoms in total. The number of ether oxygens (including phenoxy) is 1. The number of halogens is 3. The van der Waals surface area contributed by atoms with E-state index in [0.29, 0.717) is 43.3 Å². The first-order valence-electron chi connectivity index (χ1n) is 14.6. The number of carbonyl (C=O) groups excluding carboxylic acids is 1. The van der Waals surface area contributed by atoms with Gasteiger partial charge in [-0.3, -0.25) is 19.6 Å². The first-order valence-corrected chi connectivity index (χ1v) is 14.6. The van der Waals surface area contributed by atoms with Gasteiger partial charge in [-0.2, -0.15) is 0 Å². The molecule has 3 aliphatic rings. The third kappa shape index (κ3) is 7.44. The molecule has 2 saturated heterocycles. The molecule has 4 atom stereocenters. The summed E-state index contributed by atoms with van der Waals surface area (Å²) in [5, 5.41) is 13.7. The van der Waals surface area contributed by atoms with Crippen molar-refractivity contribution in [2.45, 2.75) is 77.2 Å². The molecule has 42 heavy (non-hydrogen) atoms. The Bertz CT molecular complexity index is 1210. The van der Waals surface area contributed by atoms with E-state index in [1.807, 2.05) is 11.0 Å². The Hall–Kier alpha value is -1.85. The van der Waals surface area contributed by atoms with E-state index in [2.05, 4.69) is 49.7 Å². The van der Waals surface area contributed by atoms with Crippen LogP contribution in [0.4, 0.5) is 10.1 Å². The summed E-state index contributed by atoms with van der Waals surface area (Å²) in [7, 11) is 0. The predicted octanol–water partition coefficient (Wildman–Crippen LogP) is 3.54. The Labute approximate surface area is 261 Å². The second-order valence-electron chi connectivity index (χ2n) is 12.6. The molecular formula is C31H46Cl2FN5O3. The van der Waals surface area contributed by atoms with E-state index < -0.39 is 0 Å². The van der Waals surface area contributed by atoms with Gasteiger partial charge in [0.15, 0.2) is 0 Å². The van der Waals surface area contributed by atoms with E-state index in [0.717, 1.165) is 55.4 Å². The van der Waals surface area contributed by atoms with Crippen LogP contribution in [0.3, 0.4) is 0 Å². The number of anilines is 1. The summed E-state index contributed by atoms with van der Waals surface area (Å²) >= 11 is 0. The van der Waals surface area contributed by atoms with Crippen molar-refractivity contribution in [3.05, 3.63) is 58.7 Å². The number of nitrogens with one attached hydrogen (secondary N) is 1. The van der Waals surface area contributed by atoms with Crippen molar-refractivity contribution >= 4 is 36.4 Å². The lowest BCUT2D eigenvalue weighted by Gasteiger charge is -2.46. The molecule has 0 unspecified atom stereocenters. The summed E-state index contributed by atoms with van der Waals surface area (Å²) < 4.78 is 19.2. The van der Waals surface area contributed by atoms with Crippen molar-refractivity contribution in [1.82, 2.24) is 20.1 Å². The number of morpholine rings is 1. The molecule has 0 bridgehead atoms. The maximum absolute atomic E-state index is 14.0. The maximum atomic E-state index is 14.0. The molecule has 5 rings (SSSR count). The van der Waals surface area contributed by atoms with E-state index in [-0.39, 0.29) is 54.6 Å². The van der Waals surface area contributed by atoms with E-state index >= 15 is 0 Å². The molecule has 2 aromatic rings. The predicted molar refractivity (Wildman–Crippen MR) is 169 cm³/mol. The van der Waals surface area contributed by atoms with Gasteiger partial charge in [0.05, 0.1) is 43.4 Å². The number of nitrogens with zero attached hydrogens (tertiary/aromatic N) is 4. The molecule has 0 radical (unpaired) electrons. The molecule has 2 N–H and O–H groups in total. The van der Waals surface area contributed by atoms with Crippen LogP contribution in [0, 0.1) is 5.82 Å². The molecule has 0 spiro atoms. The van der Waals surface area contributed by atoms with Crippen LogP contribution in [0.5, 0.6) is 0 Å². The van der Waals surface area contributed by atoms with Gasteiger partial charge in [0, 0.05) is 55.8 Å². The number of hydrogen-bond acceptors (Lipinski definition) is 7. The topological polar surface area (TPSA) is 81.2 Å². The van der Waals surface area contributed by atoms with Gasteiger partial charge in [0.25, 0.3) is 0 Å². The lowest BCUT2D eigenvalue weighted by atomic mass is 9.90. The molecule has 1 aromatic heterocycles. The molecule has 4 heterocycles. The number of carbonyl (C=O) groups is 1. The summed E-state index contributed by atoms with van der Waals surface area (Å²) in [6.45, 7) is 15.5. The standard InChI is InChI=1S/C31H44FN5O3.2ClH/c1-20-13-35(26(12-33-20)14-36-21(2)17-40-18-22(36)3)15-29(39)37-19-31(4,5)30-28(37)11-24(27(16-38)34-30)10-23-6-8-25(32)9-7-23;;/h6-9,11,20-22,26,33,38H,10,12-19H2,1-5H3;2*1H/t20-,21-,22-,26-;;/m1../s1. The molecule has 11 heteroatoms. The van der Waals surface area contributed by atoms with Crippen LogP contribution >= 0.6 is 24.8 Å². The number of aliphatic hydroxyl groups excluding tert-OH is 1. The van der Waals surface area contributed by atoms with Gasteiger partial charge >= 0.3 is 0 Å². The number of piperazine rings is 1. The summed E-state index contributed by atoms with van der Waals surface area (Å²) in [5.74, 6) is -0.213. The lowest BCUT2D eigenvalue weighted by molar-refractivity contribution is -0.121. The SMILES string of the molecule is C[C@@H]1CN(CC(=O)N2CC(C)(C)c3nc(CO)c(Cc4ccc(F)cc4)cc32)[C@@H](CN2[C@H](C)COC[C@H]2C)CN1.Cl.Cl. The maximum Gasteiger partial charge on any atom is 0.241 e. The average molecular weight is 627 g/mol. The lowest BCUT2D eigenvalue weighted by Crippen LogP contribution is -2.63. The van der Waals surface area contributed by atoms with E-state index in [4.69, 9.17) is 9.72 Å². The molecular weight excluding hydrogens is 580 g/mol. The monoisotopic (exact) mass is 625 g/mol. The Kier molecular flexibility index (Phi) is 11.8. The van der Waals surface area contributed by atoms with Crippen molar-refractivity contribution in [1.29, 1.82) is 0 Å². The zero-order chi connectivity index (χ0) is 28.6. The van der Waals surface area contributed by atoms with Gasteiger partial charge in [-0.05, 0) is 56.5 Å². The Morgan fingerprint density at radius 2 is 1.81 bits per heavy atom. The first kappa shape index (κ1) is 34.6. The number of hydrogen-bond donors (Lipinski definition) is 2. The second-order valence-corrected chi connectivity index (χ2v) is 12.6. The van der Waals surface area contributed by atoms with Crippen molar-refractivity contribution < 1.29 is 19.0 Å². The first-order chi connectivity index (χ1) is 19.1. The third-order valence-corrected chi connectivity index (χ3v) is 8.75. The smallest absolute Gasteiger partial charge is 0.241 e. The fourth-order valence-corrected chi connectivity index (χ4v) is 6.48. The zero-order valence-electron chi connectivity index (χ0n) is 25.3. The molecule has 2 fully saturated rings. The summed E-state index contributed by atoms with van der Waals surface area (Å²) in [4.78, 5) is 25.6. The molecule has 0 saturated carbocycles. The van der Waals surface area contributed by atoms with Crippen LogP contribution in [0.1, 0.15) is 57.1 Å². The van der Waals surface area contributed by atoms with Gasteiger partial charge in [-0.25, -0.2) is 4.39 Å². The van der Waals surface area contributed by atoms with Crippen LogP contribution in [-0.2, 0) is 28.0 Å². The van der Waals surface area contributed by atoms with Crippen LogP contribution < -0.4 is 10.2 Å². The molecule has 1 aromatic carbocycles. The Balaban J connectivity index is 0.00000242. The van der Waals surface area contributed by atoms with Gasteiger partial charge in [-0.15, -0.1) is 24.8 Å². The van der Waals surface area contributed by atoms with Crippen LogP contribution in [0.25, 0.3) is 0 Å². The summed E-state index contributed by atoms with van der Waals surface area (Å²) in [5.41, 5.74) is 3.71. The molecule has 1 amide bonds. The summed E-state index contributed by atoms with van der Waals surface area (Å²) in [6.07, 6.45) is 0.506. The zero-order valence-corrected chi connectivity index (χ0v) is 26.9. The summed E-state index contributed by atoms with van der Waals surface area (Å²) in [6, 6.07) is 9.62. The number of amides is 1. The highest BCUT2D eigenvalue weighted by Gasteiger charge is 2.41. The fraction of sp³-hybridized carbons (Fsp3) is 0.613. The second kappa shape index (κ2) is 14.3. The van der Waals surface area contributed by atoms with E-state index in [1.165, 1.54) is 12.1 Å². The molecule has 3 aliphatic heterocycles. The number of rotatable bonds is 7.